The summed E-state index contributed by atoms with van der Waals surface area (Å²) >= 11 is 6.03. The van der Waals surface area contributed by atoms with Gasteiger partial charge in [0.2, 0.25) is 0 Å². The second-order valence-corrected chi connectivity index (χ2v) is 5.75. The third-order valence-corrected chi connectivity index (χ3v) is 4.56. The van der Waals surface area contributed by atoms with Gasteiger partial charge in [-0.2, -0.15) is 0 Å². The van der Waals surface area contributed by atoms with Crippen LogP contribution in [0.3, 0.4) is 0 Å². The normalized spacial score (nSPS) is 31.8. The Morgan fingerprint density at radius 2 is 2.28 bits per heavy atom. The Morgan fingerprint density at radius 3 is 2.89 bits per heavy atom. The predicted octanol–water partition coefficient (Wildman–Crippen LogP) is 2.92. The van der Waals surface area contributed by atoms with Gasteiger partial charge in [-0.15, -0.1) is 0 Å². The Hall–Kier alpha value is -0.640. The van der Waals surface area contributed by atoms with E-state index >= 15 is 0 Å². The third kappa shape index (κ3) is 2.15. The molecule has 3 rings (SSSR count). The van der Waals surface area contributed by atoms with Crippen LogP contribution in [0, 0.1) is 11.7 Å². The van der Waals surface area contributed by atoms with Crippen LogP contribution in [0.1, 0.15) is 24.8 Å². The summed E-state index contributed by atoms with van der Waals surface area (Å²) < 4.78 is 19.5. The van der Waals surface area contributed by atoms with Gasteiger partial charge >= 0.3 is 0 Å². The molecule has 2 aliphatic rings. The highest BCUT2D eigenvalue weighted by atomic mass is 35.5. The first-order chi connectivity index (χ1) is 8.65. The summed E-state index contributed by atoms with van der Waals surface area (Å²) in [7, 11) is 0. The van der Waals surface area contributed by atoms with Gasteiger partial charge in [0.15, 0.2) is 0 Å². The first-order valence-electron chi connectivity index (χ1n) is 6.49. The maximum Gasteiger partial charge on any atom is 0.127 e. The molecule has 0 aliphatic carbocycles. The average Bonchev–Trinajstić information content (AvgIpc) is 2.96. The maximum absolute atomic E-state index is 13.7. The topological polar surface area (TPSA) is 35.2 Å². The van der Waals surface area contributed by atoms with E-state index in [9.17, 15) is 4.39 Å². The Morgan fingerprint density at radius 1 is 1.44 bits per heavy atom. The summed E-state index contributed by atoms with van der Waals surface area (Å²) in [5, 5.41) is 0.467. The number of hydrogen-bond donors (Lipinski definition) is 1. The molecule has 0 radical (unpaired) electrons. The molecule has 1 aromatic carbocycles. The van der Waals surface area contributed by atoms with Gasteiger partial charge in [-0.1, -0.05) is 17.7 Å². The van der Waals surface area contributed by atoms with Crippen molar-refractivity contribution in [3.05, 3.63) is 34.6 Å². The van der Waals surface area contributed by atoms with Crippen LogP contribution in [0.5, 0.6) is 0 Å². The van der Waals surface area contributed by atoms with Crippen LogP contribution in [-0.2, 0) is 11.2 Å². The molecule has 0 spiro atoms. The SMILES string of the molecule is NC(Cc1c(F)cccc1Cl)C1CC2CCC1O2. The number of halogens is 2. The number of ether oxygens (including phenoxy) is 1. The molecule has 98 valence electrons. The zero-order chi connectivity index (χ0) is 12.7. The van der Waals surface area contributed by atoms with Crippen molar-refractivity contribution in [1.29, 1.82) is 0 Å². The van der Waals surface area contributed by atoms with Crippen LogP contribution in [0.4, 0.5) is 4.39 Å². The number of fused-ring (bicyclic) bond motifs is 2. The Kier molecular flexibility index (Phi) is 3.31. The van der Waals surface area contributed by atoms with Crippen molar-refractivity contribution in [1.82, 2.24) is 0 Å². The third-order valence-electron chi connectivity index (χ3n) is 4.20. The molecule has 2 fully saturated rings. The Labute approximate surface area is 111 Å². The molecule has 0 aromatic heterocycles. The van der Waals surface area contributed by atoms with Crippen molar-refractivity contribution in [3.8, 4) is 0 Å². The minimum atomic E-state index is -0.262. The van der Waals surface area contributed by atoms with E-state index in [1.165, 1.54) is 6.07 Å². The summed E-state index contributed by atoms with van der Waals surface area (Å²) in [6.45, 7) is 0. The largest absolute Gasteiger partial charge is 0.375 e. The molecule has 4 heteroatoms. The van der Waals surface area contributed by atoms with Crippen molar-refractivity contribution in [2.24, 2.45) is 11.7 Å². The van der Waals surface area contributed by atoms with E-state index in [0.29, 0.717) is 29.0 Å². The smallest absolute Gasteiger partial charge is 0.127 e. The first kappa shape index (κ1) is 12.4. The van der Waals surface area contributed by atoms with Gasteiger partial charge < -0.3 is 10.5 Å². The maximum atomic E-state index is 13.7. The minimum Gasteiger partial charge on any atom is -0.375 e. The van der Waals surface area contributed by atoms with Gasteiger partial charge in [-0.25, -0.2) is 4.39 Å². The standard InChI is InChI=1S/C14H17ClFNO/c15-11-2-1-3-12(16)9(11)7-13(17)10-6-8-4-5-14(10)18-8/h1-3,8,10,13-14H,4-7,17H2. The summed E-state index contributed by atoms with van der Waals surface area (Å²) in [4.78, 5) is 0. The van der Waals surface area contributed by atoms with Crippen molar-refractivity contribution in [2.75, 3.05) is 0 Å². The van der Waals surface area contributed by atoms with Crippen LogP contribution in [-0.4, -0.2) is 18.2 Å². The fourth-order valence-electron chi connectivity index (χ4n) is 3.24. The van der Waals surface area contributed by atoms with Gasteiger partial charge in [-0.3, -0.25) is 0 Å². The lowest BCUT2D eigenvalue weighted by Gasteiger charge is -2.25. The number of hydrogen-bond acceptors (Lipinski definition) is 2. The van der Waals surface area contributed by atoms with E-state index in [0.717, 1.165) is 19.3 Å². The van der Waals surface area contributed by atoms with E-state index < -0.39 is 0 Å². The van der Waals surface area contributed by atoms with Gasteiger partial charge in [0.05, 0.1) is 12.2 Å². The van der Waals surface area contributed by atoms with Crippen molar-refractivity contribution in [3.63, 3.8) is 0 Å². The molecule has 2 nitrogen and oxygen atoms in total. The lowest BCUT2D eigenvalue weighted by atomic mass is 9.82. The molecule has 2 heterocycles. The molecule has 0 amide bonds. The molecule has 1 aromatic rings. The Bertz CT molecular complexity index is 433. The van der Waals surface area contributed by atoms with Crippen molar-refractivity contribution in [2.45, 2.75) is 43.9 Å². The fraction of sp³-hybridized carbons (Fsp3) is 0.571. The molecular weight excluding hydrogens is 253 g/mol. The first-order valence-corrected chi connectivity index (χ1v) is 6.87. The molecule has 2 N–H and O–H groups in total. The fourth-order valence-corrected chi connectivity index (χ4v) is 3.48. The van der Waals surface area contributed by atoms with Crippen molar-refractivity contribution >= 4 is 11.6 Å². The monoisotopic (exact) mass is 269 g/mol. The zero-order valence-electron chi connectivity index (χ0n) is 10.1. The van der Waals surface area contributed by atoms with Crippen LogP contribution < -0.4 is 5.73 Å². The van der Waals surface area contributed by atoms with Gasteiger partial charge in [0.1, 0.15) is 5.82 Å². The average molecular weight is 270 g/mol. The summed E-state index contributed by atoms with van der Waals surface area (Å²) in [5.41, 5.74) is 6.77. The van der Waals surface area contributed by atoms with E-state index in [1.807, 2.05) is 0 Å². The van der Waals surface area contributed by atoms with E-state index in [-0.39, 0.29) is 18.0 Å². The molecule has 2 bridgehead atoms. The minimum absolute atomic E-state index is 0.0744. The Balaban J connectivity index is 1.73. The second-order valence-electron chi connectivity index (χ2n) is 5.34. The summed E-state index contributed by atoms with van der Waals surface area (Å²) in [5.74, 6) is 0.0847. The van der Waals surface area contributed by atoms with Crippen LogP contribution in [0.15, 0.2) is 18.2 Å². The lowest BCUT2D eigenvalue weighted by Crippen LogP contribution is -2.38. The molecule has 2 saturated heterocycles. The number of rotatable bonds is 3. The number of benzene rings is 1. The summed E-state index contributed by atoms with van der Waals surface area (Å²) in [6, 6.07) is 4.69. The van der Waals surface area contributed by atoms with E-state index in [1.54, 1.807) is 12.1 Å². The highest BCUT2D eigenvalue weighted by Gasteiger charge is 2.43. The van der Waals surface area contributed by atoms with Gasteiger partial charge in [0.25, 0.3) is 0 Å². The van der Waals surface area contributed by atoms with Crippen LogP contribution in [0.2, 0.25) is 5.02 Å². The molecule has 4 unspecified atom stereocenters. The quantitative estimate of drug-likeness (QED) is 0.916. The zero-order valence-corrected chi connectivity index (χ0v) is 10.9. The van der Waals surface area contributed by atoms with Gasteiger partial charge in [0, 0.05) is 22.5 Å². The van der Waals surface area contributed by atoms with Crippen LogP contribution >= 0.6 is 11.6 Å². The lowest BCUT2D eigenvalue weighted by molar-refractivity contribution is 0.0884. The highest BCUT2D eigenvalue weighted by molar-refractivity contribution is 6.31. The molecule has 18 heavy (non-hydrogen) atoms. The highest BCUT2D eigenvalue weighted by Crippen LogP contribution is 2.40. The predicted molar refractivity (Wildman–Crippen MR) is 69.1 cm³/mol. The summed E-state index contributed by atoms with van der Waals surface area (Å²) in [6.07, 6.45) is 4.39. The number of nitrogens with two attached hydrogens (primary N) is 1. The second kappa shape index (κ2) is 4.80. The molecule has 4 atom stereocenters. The molecular formula is C14H17ClFNO. The van der Waals surface area contributed by atoms with Gasteiger partial charge in [-0.05, 0) is 37.8 Å². The molecule has 2 aliphatic heterocycles. The van der Waals surface area contributed by atoms with E-state index in [2.05, 4.69) is 0 Å². The molecule has 0 saturated carbocycles. The van der Waals surface area contributed by atoms with E-state index in [4.69, 9.17) is 22.1 Å². The van der Waals surface area contributed by atoms with Crippen LogP contribution in [0.25, 0.3) is 0 Å². The van der Waals surface area contributed by atoms with Crippen molar-refractivity contribution < 1.29 is 9.13 Å².